The second-order valence-corrected chi connectivity index (χ2v) is 5.23. The van der Waals surface area contributed by atoms with Gasteiger partial charge in [0.05, 0.1) is 5.56 Å². The number of para-hydroxylation sites is 1. The summed E-state index contributed by atoms with van der Waals surface area (Å²) in [5, 5.41) is 12.8. The molecule has 4 heteroatoms. The Kier molecular flexibility index (Phi) is 4.43. The molecule has 1 unspecified atom stereocenters. The van der Waals surface area contributed by atoms with E-state index in [0.717, 1.165) is 31.6 Å². The number of hydrogen-bond donors (Lipinski definition) is 2. The molecular weight excluding hydrogens is 240 g/mol. The number of aryl methyl sites for hydroxylation is 1. The number of phenols is 1. The van der Waals surface area contributed by atoms with Crippen LogP contribution < -0.4 is 5.32 Å². The summed E-state index contributed by atoms with van der Waals surface area (Å²) in [5.41, 5.74) is 1.09. The molecule has 0 aromatic heterocycles. The van der Waals surface area contributed by atoms with Gasteiger partial charge in [0.15, 0.2) is 0 Å². The number of rotatable bonds is 4. The van der Waals surface area contributed by atoms with Crippen molar-refractivity contribution in [2.45, 2.75) is 20.3 Å². The molecule has 104 valence electrons. The minimum Gasteiger partial charge on any atom is -0.507 e. The second kappa shape index (κ2) is 6.06. The number of aromatic hydroxyl groups is 1. The average Bonchev–Trinajstić information content (AvgIpc) is 2.87. The van der Waals surface area contributed by atoms with Crippen molar-refractivity contribution in [2.24, 2.45) is 5.92 Å². The first-order chi connectivity index (χ1) is 9.11. The Labute approximate surface area is 114 Å². The zero-order valence-corrected chi connectivity index (χ0v) is 11.6. The molecule has 1 amide bonds. The Morgan fingerprint density at radius 1 is 1.53 bits per heavy atom. The molecule has 0 spiro atoms. The third-order valence-corrected chi connectivity index (χ3v) is 3.85. The third kappa shape index (κ3) is 3.26. The lowest BCUT2D eigenvalue weighted by Gasteiger charge is -2.14. The number of hydrogen-bond acceptors (Lipinski definition) is 3. The van der Waals surface area contributed by atoms with Crippen LogP contribution in [-0.2, 0) is 0 Å². The number of carbonyl (C=O) groups is 1. The maximum Gasteiger partial charge on any atom is 0.255 e. The molecule has 1 heterocycles. The topological polar surface area (TPSA) is 52.6 Å². The van der Waals surface area contributed by atoms with Crippen LogP contribution in [0.3, 0.4) is 0 Å². The van der Waals surface area contributed by atoms with Crippen molar-refractivity contribution in [2.75, 3.05) is 26.2 Å². The van der Waals surface area contributed by atoms with Crippen LogP contribution >= 0.6 is 0 Å². The van der Waals surface area contributed by atoms with Gasteiger partial charge >= 0.3 is 0 Å². The maximum absolute atomic E-state index is 12.0. The van der Waals surface area contributed by atoms with Crippen molar-refractivity contribution >= 4 is 5.91 Å². The van der Waals surface area contributed by atoms with Crippen molar-refractivity contribution in [1.29, 1.82) is 0 Å². The van der Waals surface area contributed by atoms with Crippen LogP contribution in [0, 0.1) is 12.8 Å². The number of nitrogens with zero attached hydrogens (tertiary/aromatic N) is 1. The summed E-state index contributed by atoms with van der Waals surface area (Å²) in [4.78, 5) is 14.4. The van der Waals surface area contributed by atoms with E-state index in [4.69, 9.17) is 0 Å². The van der Waals surface area contributed by atoms with Gasteiger partial charge in [-0.25, -0.2) is 0 Å². The van der Waals surface area contributed by atoms with Crippen molar-refractivity contribution < 1.29 is 9.90 Å². The predicted molar refractivity (Wildman–Crippen MR) is 75.4 cm³/mol. The summed E-state index contributed by atoms with van der Waals surface area (Å²) in [6, 6.07) is 5.24. The highest BCUT2D eigenvalue weighted by atomic mass is 16.3. The van der Waals surface area contributed by atoms with Crippen molar-refractivity contribution in [3.8, 4) is 5.75 Å². The van der Waals surface area contributed by atoms with E-state index >= 15 is 0 Å². The van der Waals surface area contributed by atoms with E-state index in [9.17, 15) is 9.90 Å². The van der Waals surface area contributed by atoms with Gasteiger partial charge in [0, 0.05) is 13.1 Å². The van der Waals surface area contributed by atoms with Crippen molar-refractivity contribution in [3.05, 3.63) is 29.3 Å². The lowest BCUT2D eigenvalue weighted by Crippen LogP contribution is -2.31. The van der Waals surface area contributed by atoms with Crippen LogP contribution in [0.15, 0.2) is 18.2 Å². The highest BCUT2D eigenvalue weighted by Crippen LogP contribution is 2.21. The zero-order chi connectivity index (χ0) is 13.8. The first kappa shape index (κ1) is 13.9. The van der Waals surface area contributed by atoms with E-state index in [2.05, 4.69) is 17.1 Å². The van der Waals surface area contributed by atoms with Gasteiger partial charge in [-0.2, -0.15) is 0 Å². The number of benzene rings is 1. The lowest BCUT2D eigenvalue weighted by molar-refractivity contribution is 0.0944. The Bertz CT molecular complexity index is 459. The zero-order valence-electron chi connectivity index (χ0n) is 11.6. The SMILES string of the molecule is CCN1CCC(CNC(=O)c2cccc(C)c2O)C1. The van der Waals surface area contributed by atoms with E-state index in [0.29, 0.717) is 18.0 Å². The Morgan fingerprint density at radius 2 is 2.32 bits per heavy atom. The fourth-order valence-electron chi connectivity index (χ4n) is 2.54. The summed E-state index contributed by atoms with van der Waals surface area (Å²) >= 11 is 0. The Hall–Kier alpha value is -1.55. The van der Waals surface area contributed by atoms with Crippen molar-refractivity contribution in [3.63, 3.8) is 0 Å². The van der Waals surface area contributed by atoms with E-state index < -0.39 is 0 Å². The summed E-state index contributed by atoms with van der Waals surface area (Å²) in [5.74, 6) is 0.425. The highest BCUT2D eigenvalue weighted by molar-refractivity contribution is 5.97. The third-order valence-electron chi connectivity index (χ3n) is 3.85. The van der Waals surface area contributed by atoms with Gasteiger partial charge in [0.2, 0.25) is 0 Å². The molecule has 4 nitrogen and oxygen atoms in total. The van der Waals surface area contributed by atoms with Gasteiger partial charge in [-0.3, -0.25) is 4.79 Å². The van der Waals surface area contributed by atoms with Crippen LogP contribution in [0.25, 0.3) is 0 Å². The lowest BCUT2D eigenvalue weighted by atomic mass is 10.1. The summed E-state index contributed by atoms with van der Waals surface area (Å²) in [7, 11) is 0. The molecule has 1 aliphatic rings. The maximum atomic E-state index is 12.0. The number of amides is 1. The molecule has 1 atom stereocenters. The summed E-state index contributed by atoms with van der Waals surface area (Å²) in [6.45, 7) is 7.88. The minimum atomic E-state index is -0.184. The van der Waals surface area contributed by atoms with Gasteiger partial charge in [-0.05, 0) is 44.0 Å². The second-order valence-electron chi connectivity index (χ2n) is 5.23. The van der Waals surface area contributed by atoms with Gasteiger partial charge in [-0.1, -0.05) is 19.1 Å². The number of phenolic OH excluding ortho intramolecular Hbond substituents is 1. The predicted octanol–water partition coefficient (Wildman–Crippen LogP) is 1.77. The molecule has 1 aliphatic heterocycles. The van der Waals surface area contributed by atoms with Gasteiger partial charge in [0.25, 0.3) is 5.91 Å². The monoisotopic (exact) mass is 262 g/mol. The van der Waals surface area contributed by atoms with Gasteiger partial charge < -0.3 is 15.3 Å². The molecule has 0 bridgehead atoms. The van der Waals surface area contributed by atoms with E-state index in [1.165, 1.54) is 0 Å². The van der Waals surface area contributed by atoms with E-state index in [1.54, 1.807) is 25.1 Å². The molecule has 1 aromatic rings. The van der Waals surface area contributed by atoms with Crippen LogP contribution in [0.5, 0.6) is 5.75 Å². The average molecular weight is 262 g/mol. The largest absolute Gasteiger partial charge is 0.507 e. The molecule has 2 N–H and O–H groups in total. The Morgan fingerprint density at radius 3 is 3.00 bits per heavy atom. The normalized spacial score (nSPS) is 19.6. The molecule has 0 aliphatic carbocycles. The molecule has 2 rings (SSSR count). The molecule has 0 radical (unpaired) electrons. The molecule has 19 heavy (non-hydrogen) atoms. The smallest absolute Gasteiger partial charge is 0.255 e. The number of carbonyl (C=O) groups excluding carboxylic acids is 1. The van der Waals surface area contributed by atoms with Crippen LogP contribution in [-0.4, -0.2) is 42.1 Å². The molecule has 1 saturated heterocycles. The fourth-order valence-corrected chi connectivity index (χ4v) is 2.54. The highest BCUT2D eigenvalue weighted by Gasteiger charge is 2.22. The number of nitrogens with one attached hydrogen (secondary N) is 1. The number of likely N-dealkylation sites (tertiary alicyclic amines) is 1. The first-order valence-electron chi connectivity index (χ1n) is 6.91. The molecule has 1 fully saturated rings. The quantitative estimate of drug-likeness (QED) is 0.869. The standard InChI is InChI=1S/C15H22N2O2/c1-3-17-8-7-12(10-17)9-16-15(19)13-6-4-5-11(2)14(13)18/h4-6,12,18H,3,7-10H2,1-2H3,(H,16,19). The first-order valence-corrected chi connectivity index (χ1v) is 6.91. The fraction of sp³-hybridized carbons (Fsp3) is 0.533. The van der Waals surface area contributed by atoms with Gasteiger partial charge in [0.1, 0.15) is 5.75 Å². The summed E-state index contributed by atoms with van der Waals surface area (Å²) in [6.07, 6.45) is 1.13. The van der Waals surface area contributed by atoms with E-state index in [1.807, 2.05) is 0 Å². The van der Waals surface area contributed by atoms with Gasteiger partial charge in [-0.15, -0.1) is 0 Å². The summed E-state index contributed by atoms with van der Waals surface area (Å²) < 4.78 is 0. The molecule has 1 aromatic carbocycles. The Balaban J connectivity index is 1.90. The van der Waals surface area contributed by atoms with Crippen LogP contribution in [0.2, 0.25) is 0 Å². The van der Waals surface area contributed by atoms with Crippen molar-refractivity contribution in [1.82, 2.24) is 10.2 Å². The van der Waals surface area contributed by atoms with Crippen LogP contribution in [0.4, 0.5) is 0 Å². The molecular formula is C15H22N2O2. The minimum absolute atomic E-state index is 0.0848. The van der Waals surface area contributed by atoms with E-state index in [-0.39, 0.29) is 11.7 Å². The van der Waals surface area contributed by atoms with Crippen LogP contribution in [0.1, 0.15) is 29.3 Å². The molecule has 0 saturated carbocycles.